The molecule has 3 aromatic rings. The van der Waals surface area contributed by atoms with Crippen LogP contribution in [0, 0.1) is 5.92 Å². The number of methoxy groups -OCH3 is 1. The Hall–Kier alpha value is -5.24. The minimum atomic E-state index is -0.962. The largest absolute Gasteiger partial charge is 0.493 e. The monoisotopic (exact) mass is 786 g/mol. The number of amides is 1. The van der Waals surface area contributed by atoms with Crippen LogP contribution in [-0.2, 0) is 28.4 Å². The normalized spacial score (nSPS) is 22.5. The number of fused-ring (bicyclic) bond motifs is 2. The molecular weight excluding hydrogens is 732 g/mol. The van der Waals surface area contributed by atoms with Crippen molar-refractivity contribution in [3.8, 4) is 11.5 Å². The number of carbonyl (C=O) groups excluding carboxylic acids is 3. The van der Waals surface area contributed by atoms with Crippen LogP contribution in [0.15, 0.2) is 85.1 Å². The molecule has 13 heteroatoms. The van der Waals surface area contributed by atoms with Gasteiger partial charge in [0.1, 0.15) is 46.8 Å². The number of aromatic nitrogens is 1. The van der Waals surface area contributed by atoms with Crippen molar-refractivity contribution in [3.63, 3.8) is 0 Å². The summed E-state index contributed by atoms with van der Waals surface area (Å²) in [6, 6.07) is 17.4. The first-order valence-corrected chi connectivity index (χ1v) is 19.2. The summed E-state index contributed by atoms with van der Waals surface area (Å²) in [6.07, 6.45) is 6.57. The highest BCUT2D eigenvalue weighted by Crippen LogP contribution is 2.36. The lowest BCUT2D eigenvalue weighted by Crippen LogP contribution is -2.38. The van der Waals surface area contributed by atoms with E-state index in [0.29, 0.717) is 35.5 Å². The molecule has 306 valence electrons. The van der Waals surface area contributed by atoms with Gasteiger partial charge in [-0.2, -0.15) is 0 Å². The number of rotatable bonds is 11. The minimum Gasteiger partial charge on any atom is -0.493 e. The van der Waals surface area contributed by atoms with E-state index in [1.807, 2.05) is 39.0 Å². The zero-order valence-electron chi connectivity index (χ0n) is 34.0. The van der Waals surface area contributed by atoms with E-state index in [9.17, 15) is 14.4 Å². The van der Waals surface area contributed by atoms with Crippen molar-refractivity contribution in [2.24, 2.45) is 5.92 Å². The fourth-order valence-electron chi connectivity index (χ4n) is 6.23. The van der Waals surface area contributed by atoms with Crippen LogP contribution in [0.4, 0.5) is 10.6 Å². The summed E-state index contributed by atoms with van der Waals surface area (Å²) in [5.74, 6) is -1.28. The summed E-state index contributed by atoms with van der Waals surface area (Å²) < 4.78 is 47.8. The molecule has 2 aliphatic rings. The number of hydrogen-bond acceptors (Lipinski definition) is 12. The van der Waals surface area contributed by atoms with Gasteiger partial charge in [0.2, 0.25) is 0 Å². The maximum atomic E-state index is 14.0. The Balaban J connectivity index is 1.43. The fourth-order valence-corrected chi connectivity index (χ4v) is 6.23. The number of benzene rings is 2. The summed E-state index contributed by atoms with van der Waals surface area (Å²) in [4.78, 5) is 46.2. The van der Waals surface area contributed by atoms with E-state index in [1.54, 1.807) is 101 Å². The average molecular weight is 787 g/mol. The van der Waals surface area contributed by atoms with Crippen molar-refractivity contribution in [2.75, 3.05) is 32.0 Å². The third-order valence-corrected chi connectivity index (χ3v) is 9.08. The number of cyclic esters (lactones) is 1. The number of nitrogens with zero attached hydrogens (tertiary/aromatic N) is 2. The lowest BCUT2D eigenvalue weighted by molar-refractivity contribution is -0.152. The van der Waals surface area contributed by atoms with Crippen molar-refractivity contribution in [1.82, 2.24) is 4.98 Å². The summed E-state index contributed by atoms with van der Waals surface area (Å²) in [5, 5.41) is 0. The van der Waals surface area contributed by atoms with Gasteiger partial charge >= 0.3 is 18.0 Å². The quantitative estimate of drug-likeness (QED) is 0.0609. The first-order chi connectivity index (χ1) is 27.1. The molecule has 3 heterocycles. The Morgan fingerprint density at radius 3 is 2.44 bits per heavy atom. The highest BCUT2D eigenvalue weighted by molar-refractivity contribution is 5.97. The predicted octanol–water partition coefficient (Wildman–Crippen LogP) is 8.18. The lowest BCUT2D eigenvalue weighted by atomic mass is 9.98. The summed E-state index contributed by atoms with van der Waals surface area (Å²) in [6.45, 7) is 13.1. The van der Waals surface area contributed by atoms with Gasteiger partial charge in [-0.25, -0.2) is 19.4 Å². The van der Waals surface area contributed by atoms with E-state index in [4.69, 9.17) is 37.9 Å². The van der Waals surface area contributed by atoms with E-state index in [1.165, 1.54) is 12.0 Å². The zero-order chi connectivity index (χ0) is 41.2. The van der Waals surface area contributed by atoms with Gasteiger partial charge in [0, 0.05) is 31.8 Å². The van der Waals surface area contributed by atoms with Crippen molar-refractivity contribution in [1.29, 1.82) is 0 Å². The fraction of sp³-hybridized carbons (Fsp3) is 0.455. The predicted molar refractivity (Wildman–Crippen MR) is 213 cm³/mol. The van der Waals surface area contributed by atoms with E-state index in [0.717, 1.165) is 0 Å². The van der Waals surface area contributed by atoms with Crippen molar-refractivity contribution < 1.29 is 52.3 Å². The molecule has 5 rings (SSSR count). The second kappa shape index (κ2) is 19.3. The molecule has 0 aliphatic carbocycles. The summed E-state index contributed by atoms with van der Waals surface area (Å²) in [7, 11) is 1.48. The molecule has 0 saturated carbocycles. The Morgan fingerprint density at radius 2 is 1.74 bits per heavy atom. The SMILES string of the molecule is COCOc1cc(OCCCN(C(=O)OC(C)(C)C)c2ccccn2)cc2c1C(=O)O[C@@H](C)[C@H](C)/C=C\C(OC(=O)c1ccccc1)[C@H]1OC(C)(C)O[C@H]1CC=C2. The number of carbonyl (C=O) groups is 3. The summed E-state index contributed by atoms with van der Waals surface area (Å²) >= 11 is 0. The molecule has 1 saturated heterocycles. The molecule has 57 heavy (non-hydrogen) atoms. The van der Waals surface area contributed by atoms with Gasteiger partial charge in [-0.3, -0.25) is 4.90 Å². The van der Waals surface area contributed by atoms with Gasteiger partial charge in [0.15, 0.2) is 12.6 Å². The van der Waals surface area contributed by atoms with E-state index < -0.39 is 53.8 Å². The van der Waals surface area contributed by atoms with Gasteiger partial charge in [0.25, 0.3) is 0 Å². The molecule has 1 unspecified atom stereocenters. The van der Waals surface area contributed by atoms with Crippen LogP contribution in [0.3, 0.4) is 0 Å². The third-order valence-electron chi connectivity index (χ3n) is 9.08. The molecule has 2 aromatic carbocycles. The van der Waals surface area contributed by atoms with Crippen molar-refractivity contribution in [2.45, 2.75) is 97.1 Å². The number of ether oxygens (including phenoxy) is 8. The molecule has 0 bridgehead atoms. The minimum absolute atomic E-state index is 0.135. The molecule has 1 fully saturated rings. The highest BCUT2D eigenvalue weighted by atomic mass is 16.8. The molecule has 0 radical (unpaired) electrons. The standard InChI is InChI=1S/C44H54N2O11/c1-29-21-22-34(54-40(47)31-16-10-9-11-17-31)39-35(55-44(6,7)56-39)19-14-18-32-26-33(27-36(52-28-50-8)38(32)41(48)53-30(29)2)51-25-15-24-46(37-20-12-13-23-45-37)42(49)57-43(3,4)5/h9-14,16-18,20-23,26-27,29-30,34-35,39H,15,19,24-25,28H2,1-8H3/b18-14?,22-21-/t29-,30+,34?,35+,39-/m1/s1. The molecular formula is C44H54N2O11. The van der Waals surface area contributed by atoms with E-state index >= 15 is 0 Å². The van der Waals surface area contributed by atoms with Gasteiger partial charge < -0.3 is 37.9 Å². The smallest absolute Gasteiger partial charge is 0.416 e. The average Bonchev–Trinajstić information content (AvgIpc) is 3.48. The second-order valence-electron chi connectivity index (χ2n) is 15.3. The Kier molecular flexibility index (Phi) is 14.5. The summed E-state index contributed by atoms with van der Waals surface area (Å²) in [5.41, 5.74) is 0.379. The van der Waals surface area contributed by atoms with Crippen LogP contribution < -0.4 is 14.4 Å². The van der Waals surface area contributed by atoms with Crippen LogP contribution in [-0.4, -0.2) is 85.9 Å². The first kappa shape index (κ1) is 42.9. The van der Waals surface area contributed by atoms with Crippen molar-refractivity contribution in [3.05, 3.63) is 102 Å². The van der Waals surface area contributed by atoms with Crippen LogP contribution in [0.2, 0.25) is 0 Å². The van der Waals surface area contributed by atoms with Crippen LogP contribution >= 0.6 is 0 Å². The molecule has 1 aromatic heterocycles. The topological polar surface area (TPSA) is 141 Å². The number of hydrogen-bond donors (Lipinski definition) is 0. The van der Waals surface area contributed by atoms with E-state index in [-0.39, 0.29) is 37.2 Å². The molecule has 5 atom stereocenters. The number of anilines is 1. The first-order valence-electron chi connectivity index (χ1n) is 19.2. The van der Waals surface area contributed by atoms with Gasteiger partial charge in [0.05, 0.1) is 18.3 Å². The Morgan fingerprint density at radius 1 is 0.982 bits per heavy atom. The molecule has 13 nitrogen and oxygen atoms in total. The molecule has 2 aliphatic heterocycles. The lowest BCUT2D eigenvalue weighted by Gasteiger charge is -2.26. The molecule has 0 N–H and O–H groups in total. The van der Waals surface area contributed by atoms with Crippen LogP contribution in [0.5, 0.6) is 11.5 Å². The third kappa shape index (κ3) is 12.1. The second-order valence-corrected chi connectivity index (χ2v) is 15.3. The van der Waals surface area contributed by atoms with Crippen molar-refractivity contribution >= 4 is 29.9 Å². The van der Waals surface area contributed by atoms with Gasteiger partial charge in [-0.15, -0.1) is 0 Å². The van der Waals surface area contributed by atoms with Gasteiger partial charge in [-0.05, 0) is 96.4 Å². The van der Waals surface area contributed by atoms with Crippen LogP contribution in [0.25, 0.3) is 6.08 Å². The van der Waals surface area contributed by atoms with Crippen LogP contribution in [0.1, 0.15) is 87.6 Å². The Labute approximate surface area is 334 Å². The molecule has 0 spiro atoms. The maximum absolute atomic E-state index is 14.0. The number of esters is 2. The maximum Gasteiger partial charge on any atom is 0.416 e. The van der Waals surface area contributed by atoms with E-state index in [2.05, 4.69) is 4.98 Å². The molecule has 1 amide bonds. The number of pyridine rings is 1. The highest BCUT2D eigenvalue weighted by Gasteiger charge is 2.45. The zero-order valence-corrected chi connectivity index (χ0v) is 34.0. The Bertz CT molecular complexity index is 1870. The van der Waals surface area contributed by atoms with Gasteiger partial charge in [-0.1, -0.05) is 49.4 Å².